The van der Waals surface area contributed by atoms with Crippen LogP contribution < -0.4 is 0 Å². The van der Waals surface area contributed by atoms with Gasteiger partial charge in [-0.3, -0.25) is 5.01 Å². The van der Waals surface area contributed by atoms with E-state index in [4.69, 9.17) is 0 Å². The lowest BCUT2D eigenvalue weighted by atomic mass is 10.2. The highest BCUT2D eigenvalue weighted by Gasteiger charge is 2.01. The van der Waals surface area contributed by atoms with Crippen LogP contribution in [-0.4, -0.2) is 41.3 Å². The molecule has 22 heavy (non-hydrogen) atoms. The van der Waals surface area contributed by atoms with E-state index in [1.165, 1.54) is 0 Å². The maximum Gasteiger partial charge on any atom is 0.0414 e. The molecule has 0 bridgehead atoms. The lowest BCUT2D eigenvalue weighted by molar-refractivity contribution is 0.246. The molecule has 0 aromatic rings. The SMILES string of the molecule is CCN(/C=C\C(C)C)C(C)C.CCN(/N=C\C(C)C)C(C)C. The standard InChI is InChI=1S/C10H21N.C9H20N2/c1-6-11(10(4)5)8-7-9(2)3;1-6-11(9(4)5)10-7-8(2)3/h7-10H,6H2,1-5H3;7-9H,6H2,1-5H3/b8-7-;10-7-. The predicted octanol–water partition coefficient (Wildman–Crippen LogP) is 5.24. The van der Waals surface area contributed by atoms with Gasteiger partial charge in [0.2, 0.25) is 0 Å². The van der Waals surface area contributed by atoms with Crippen molar-refractivity contribution in [3.63, 3.8) is 0 Å². The lowest BCUT2D eigenvalue weighted by Crippen LogP contribution is -2.25. The van der Waals surface area contributed by atoms with Gasteiger partial charge >= 0.3 is 0 Å². The van der Waals surface area contributed by atoms with Crippen molar-refractivity contribution in [1.29, 1.82) is 0 Å². The van der Waals surface area contributed by atoms with Gasteiger partial charge in [0, 0.05) is 31.4 Å². The van der Waals surface area contributed by atoms with Crippen LogP contribution in [0.2, 0.25) is 0 Å². The second-order valence-corrected chi connectivity index (χ2v) is 6.87. The fourth-order valence-electron chi connectivity index (χ4n) is 1.72. The molecule has 0 fully saturated rings. The number of hydrazone groups is 1. The Hall–Kier alpha value is -0.990. The molecular weight excluding hydrogens is 270 g/mol. The second-order valence-electron chi connectivity index (χ2n) is 6.87. The van der Waals surface area contributed by atoms with Crippen molar-refractivity contribution in [3.8, 4) is 0 Å². The molecule has 0 atom stereocenters. The fourth-order valence-corrected chi connectivity index (χ4v) is 1.72. The molecule has 0 saturated heterocycles. The number of rotatable bonds is 8. The highest BCUT2D eigenvalue weighted by molar-refractivity contribution is 5.59. The summed E-state index contributed by atoms with van der Waals surface area (Å²) >= 11 is 0. The molecule has 3 nitrogen and oxygen atoms in total. The van der Waals surface area contributed by atoms with Crippen LogP contribution in [0.1, 0.15) is 69.2 Å². The molecule has 0 saturated carbocycles. The van der Waals surface area contributed by atoms with E-state index in [2.05, 4.69) is 96.5 Å². The van der Waals surface area contributed by atoms with Gasteiger partial charge in [-0.15, -0.1) is 0 Å². The zero-order valence-corrected chi connectivity index (χ0v) is 16.8. The fraction of sp³-hybridized carbons (Fsp3) is 0.842. The summed E-state index contributed by atoms with van der Waals surface area (Å²) in [5.74, 6) is 1.20. The maximum atomic E-state index is 4.35. The van der Waals surface area contributed by atoms with Crippen LogP contribution >= 0.6 is 0 Å². The highest BCUT2D eigenvalue weighted by atomic mass is 15.5. The zero-order valence-electron chi connectivity index (χ0n) is 16.8. The Labute approximate surface area is 140 Å². The molecule has 0 rings (SSSR count). The van der Waals surface area contributed by atoms with Crippen molar-refractivity contribution in [2.24, 2.45) is 16.9 Å². The van der Waals surface area contributed by atoms with E-state index >= 15 is 0 Å². The van der Waals surface area contributed by atoms with Gasteiger partial charge in [-0.25, -0.2) is 0 Å². The Balaban J connectivity index is 0. The van der Waals surface area contributed by atoms with Crippen LogP contribution in [-0.2, 0) is 0 Å². The lowest BCUT2D eigenvalue weighted by Gasteiger charge is -2.22. The van der Waals surface area contributed by atoms with Crippen molar-refractivity contribution in [3.05, 3.63) is 12.3 Å². The molecule has 0 amide bonds. The first-order valence-electron chi connectivity index (χ1n) is 8.90. The van der Waals surface area contributed by atoms with Gasteiger partial charge in [0.1, 0.15) is 0 Å². The quantitative estimate of drug-likeness (QED) is 0.450. The minimum absolute atomic E-state index is 0.509. The first-order valence-corrected chi connectivity index (χ1v) is 8.90. The van der Waals surface area contributed by atoms with Crippen LogP contribution in [0.4, 0.5) is 0 Å². The molecule has 0 heterocycles. The summed E-state index contributed by atoms with van der Waals surface area (Å²) in [6, 6.07) is 1.13. The Morgan fingerprint density at radius 1 is 0.773 bits per heavy atom. The van der Waals surface area contributed by atoms with Crippen LogP contribution in [0, 0.1) is 11.8 Å². The van der Waals surface area contributed by atoms with E-state index in [-0.39, 0.29) is 0 Å². The number of allylic oxidation sites excluding steroid dienone is 1. The maximum absolute atomic E-state index is 4.35. The molecule has 0 aliphatic rings. The van der Waals surface area contributed by atoms with Gasteiger partial charge in [-0.05, 0) is 59.6 Å². The van der Waals surface area contributed by atoms with E-state index in [9.17, 15) is 0 Å². The van der Waals surface area contributed by atoms with Crippen molar-refractivity contribution in [2.45, 2.75) is 81.3 Å². The van der Waals surface area contributed by atoms with Crippen LogP contribution in [0.5, 0.6) is 0 Å². The third kappa shape index (κ3) is 14.0. The third-order valence-corrected chi connectivity index (χ3v) is 3.12. The average molecular weight is 312 g/mol. The van der Waals surface area contributed by atoms with Crippen molar-refractivity contribution >= 4 is 6.21 Å². The summed E-state index contributed by atoms with van der Waals surface area (Å²) in [6.45, 7) is 23.8. The summed E-state index contributed by atoms with van der Waals surface area (Å²) in [7, 11) is 0. The molecule has 132 valence electrons. The average Bonchev–Trinajstić information content (AvgIpc) is 2.39. The van der Waals surface area contributed by atoms with Crippen molar-refractivity contribution in [1.82, 2.24) is 9.91 Å². The van der Waals surface area contributed by atoms with Gasteiger partial charge in [0.15, 0.2) is 0 Å². The number of hydrogen-bond donors (Lipinski definition) is 0. The third-order valence-electron chi connectivity index (χ3n) is 3.12. The predicted molar refractivity (Wildman–Crippen MR) is 102 cm³/mol. The van der Waals surface area contributed by atoms with E-state index in [0.717, 1.165) is 13.1 Å². The molecule has 3 heteroatoms. The molecule has 0 unspecified atom stereocenters. The normalized spacial score (nSPS) is 11.9. The van der Waals surface area contributed by atoms with Crippen molar-refractivity contribution < 1.29 is 0 Å². The first-order chi connectivity index (χ1) is 10.1. The Kier molecular flexibility index (Phi) is 14.5. The van der Waals surface area contributed by atoms with E-state index < -0.39 is 0 Å². The molecule has 0 aromatic carbocycles. The van der Waals surface area contributed by atoms with Gasteiger partial charge in [0.05, 0.1) is 0 Å². The van der Waals surface area contributed by atoms with Gasteiger partial charge in [-0.1, -0.05) is 33.8 Å². The summed E-state index contributed by atoms with van der Waals surface area (Å²) < 4.78 is 0. The van der Waals surface area contributed by atoms with Crippen LogP contribution in [0.15, 0.2) is 17.4 Å². The smallest absolute Gasteiger partial charge is 0.0414 e. The second kappa shape index (κ2) is 13.7. The molecular formula is C19H41N3. The number of hydrogen-bond acceptors (Lipinski definition) is 3. The van der Waals surface area contributed by atoms with Crippen LogP contribution in [0.25, 0.3) is 0 Å². The summed E-state index contributed by atoms with van der Waals surface area (Å²) in [5, 5.41) is 6.43. The Morgan fingerprint density at radius 3 is 1.59 bits per heavy atom. The van der Waals surface area contributed by atoms with Gasteiger partial charge in [0.25, 0.3) is 0 Å². The van der Waals surface area contributed by atoms with Crippen molar-refractivity contribution in [2.75, 3.05) is 13.1 Å². The summed E-state index contributed by atoms with van der Waals surface area (Å²) in [6.07, 6.45) is 6.43. The molecule has 0 aromatic heterocycles. The molecule has 0 aliphatic carbocycles. The van der Waals surface area contributed by atoms with Gasteiger partial charge < -0.3 is 4.90 Å². The monoisotopic (exact) mass is 311 g/mol. The highest BCUT2D eigenvalue weighted by Crippen LogP contribution is 2.01. The molecule has 0 N–H and O–H groups in total. The van der Waals surface area contributed by atoms with Crippen LogP contribution in [0.3, 0.4) is 0 Å². The molecule has 0 radical (unpaired) electrons. The number of nitrogens with zero attached hydrogens (tertiary/aromatic N) is 3. The largest absolute Gasteiger partial charge is 0.376 e. The van der Waals surface area contributed by atoms with Gasteiger partial charge in [-0.2, -0.15) is 5.10 Å². The first kappa shape index (κ1) is 23.3. The van der Waals surface area contributed by atoms with E-state index in [1.54, 1.807) is 0 Å². The van der Waals surface area contributed by atoms with E-state index in [1.807, 2.05) is 6.21 Å². The summed E-state index contributed by atoms with van der Waals surface area (Å²) in [5.41, 5.74) is 0. The van der Waals surface area contributed by atoms with E-state index in [0.29, 0.717) is 23.9 Å². The topological polar surface area (TPSA) is 18.8 Å². The zero-order chi connectivity index (χ0) is 17.7. The molecule has 0 spiro atoms. The minimum Gasteiger partial charge on any atom is -0.376 e. The Morgan fingerprint density at radius 2 is 1.32 bits per heavy atom. The minimum atomic E-state index is 0.509. The molecule has 0 aliphatic heterocycles. The summed E-state index contributed by atoms with van der Waals surface area (Å²) in [4.78, 5) is 2.33. The Bertz CT molecular complexity index is 261.